The minimum atomic E-state index is -0.963. The van der Waals surface area contributed by atoms with E-state index in [1.54, 1.807) is 48.5 Å². The molecule has 0 aliphatic carbocycles. The van der Waals surface area contributed by atoms with Crippen molar-refractivity contribution in [3.8, 4) is 11.1 Å². The van der Waals surface area contributed by atoms with Crippen LogP contribution in [-0.4, -0.2) is 11.1 Å². The van der Waals surface area contributed by atoms with Gasteiger partial charge in [0, 0.05) is 0 Å². The summed E-state index contributed by atoms with van der Waals surface area (Å²) in [6.07, 6.45) is 0. The third kappa shape index (κ3) is 2.87. The van der Waals surface area contributed by atoms with Gasteiger partial charge in [0.05, 0.1) is 5.56 Å². The smallest absolute Gasteiger partial charge is 0.336 e. The van der Waals surface area contributed by atoms with Gasteiger partial charge < -0.3 is 5.11 Å². The average Bonchev–Trinajstić information content (AvgIpc) is 2.39. The third-order valence-electron chi connectivity index (χ3n) is 2.58. The van der Waals surface area contributed by atoms with E-state index in [-0.39, 0.29) is 18.0 Å². The van der Waals surface area contributed by atoms with Crippen molar-refractivity contribution in [1.29, 1.82) is 0 Å². The standard InChI is InChI=1S/C14H11FO2.ClH/c15-9-10-5-7-11(8-6-10)12-3-1-2-4-13(12)14(16)17;/h1-8H,9H2,(H,16,17);1H. The Bertz CT molecular complexity index is 538. The van der Waals surface area contributed by atoms with Crippen LogP contribution in [0.15, 0.2) is 48.5 Å². The first-order valence-corrected chi connectivity index (χ1v) is 5.20. The van der Waals surface area contributed by atoms with Crippen molar-refractivity contribution in [1.82, 2.24) is 0 Å². The van der Waals surface area contributed by atoms with Gasteiger partial charge in [0.2, 0.25) is 0 Å². The van der Waals surface area contributed by atoms with E-state index < -0.39 is 12.6 Å². The topological polar surface area (TPSA) is 37.3 Å². The number of carbonyl (C=O) groups is 1. The van der Waals surface area contributed by atoms with Gasteiger partial charge in [0.1, 0.15) is 6.67 Å². The minimum absolute atomic E-state index is 0. The molecule has 0 radical (unpaired) electrons. The molecule has 2 rings (SSSR count). The minimum Gasteiger partial charge on any atom is -0.478 e. The van der Waals surface area contributed by atoms with E-state index in [0.717, 1.165) is 5.56 Å². The maximum atomic E-state index is 12.4. The molecule has 2 aromatic rings. The highest BCUT2D eigenvalue weighted by Gasteiger charge is 2.10. The number of rotatable bonds is 3. The number of carboxylic acid groups (broad SMARTS) is 1. The SMILES string of the molecule is Cl.O=C(O)c1ccccc1-c1ccc(CF)cc1. The molecule has 0 fully saturated rings. The predicted octanol–water partition coefficient (Wildman–Crippen LogP) is 3.94. The van der Waals surface area contributed by atoms with E-state index in [0.29, 0.717) is 11.1 Å². The molecule has 94 valence electrons. The van der Waals surface area contributed by atoms with Gasteiger partial charge in [-0.05, 0) is 22.8 Å². The van der Waals surface area contributed by atoms with E-state index in [1.165, 1.54) is 0 Å². The second-order valence-electron chi connectivity index (χ2n) is 3.68. The molecule has 0 heterocycles. The molecule has 1 N–H and O–H groups in total. The highest BCUT2D eigenvalue weighted by molar-refractivity contribution is 5.95. The van der Waals surface area contributed by atoms with Crippen LogP contribution in [0.25, 0.3) is 11.1 Å². The summed E-state index contributed by atoms with van der Waals surface area (Å²) >= 11 is 0. The number of aromatic carboxylic acids is 1. The number of halogens is 2. The predicted molar refractivity (Wildman–Crippen MR) is 70.9 cm³/mol. The van der Waals surface area contributed by atoms with E-state index in [9.17, 15) is 9.18 Å². The lowest BCUT2D eigenvalue weighted by Gasteiger charge is -2.06. The zero-order chi connectivity index (χ0) is 12.3. The highest BCUT2D eigenvalue weighted by atomic mass is 35.5. The molecule has 0 saturated heterocycles. The van der Waals surface area contributed by atoms with E-state index in [1.807, 2.05) is 0 Å². The number of hydrogen-bond acceptors (Lipinski definition) is 1. The Kier molecular flexibility index (Phi) is 4.86. The fourth-order valence-electron chi connectivity index (χ4n) is 1.69. The van der Waals surface area contributed by atoms with E-state index >= 15 is 0 Å². The molecule has 2 nitrogen and oxygen atoms in total. The van der Waals surface area contributed by atoms with Gasteiger partial charge in [-0.25, -0.2) is 9.18 Å². The van der Waals surface area contributed by atoms with Gasteiger partial charge in [0.15, 0.2) is 0 Å². The van der Waals surface area contributed by atoms with Crippen LogP contribution in [0.1, 0.15) is 15.9 Å². The number of alkyl halides is 1. The van der Waals surface area contributed by atoms with Crippen LogP contribution in [0.4, 0.5) is 4.39 Å². The number of carboxylic acids is 1. The molecule has 0 atom stereocenters. The van der Waals surface area contributed by atoms with Crippen molar-refractivity contribution in [2.45, 2.75) is 6.67 Å². The quantitative estimate of drug-likeness (QED) is 0.913. The lowest BCUT2D eigenvalue weighted by molar-refractivity contribution is 0.0697. The Morgan fingerprint density at radius 2 is 1.67 bits per heavy atom. The first-order chi connectivity index (χ1) is 8.22. The van der Waals surface area contributed by atoms with Gasteiger partial charge in [-0.1, -0.05) is 42.5 Å². The van der Waals surface area contributed by atoms with Crippen LogP contribution >= 0.6 is 12.4 Å². The van der Waals surface area contributed by atoms with Crippen LogP contribution in [0.3, 0.4) is 0 Å². The van der Waals surface area contributed by atoms with Crippen molar-refractivity contribution < 1.29 is 14.3 Å². The Morgan fingerprint density at radius 3 is 2.22 bits per heavy atom. The first-order valence-electron chi connectivity index (χ1n) is 5.20. The fourth-order valence-corrected chi connectivity index (χ4v) is 1.69. The fraction of sp³-hybridized carbons (Fsp3) is 0.0714. The Hall–Kier alpha value is -1.87. The third-order valence-corrected chi connectivity index (χ3v) is 2.58. The first kappa shape index (κ1) is 14.2. The molecule has 0 aromatic heterocycles. The zero-order valence-electron chi connectivity index (χ0n) is 9.47. The van der Waals surface area contributed by atoms with E-state index in [2.05, 4.69) is 0 Å². The molecule has 18 heavy (non-hydrogen) atoms. The van der Waals surface area contributed by atoms with Crippen LogP contribution < -0.4 is 0 Å². The Balaban J connectivity index is 0.00000162. The van der Waals surface area contributed by atoms with Gasteiger partial charge in [-0.3, -0.25) is 0 Å². The van der Waals surface area contributed by atoms with Crippen LogP contribution in [0, 0.1) is 0 Å². The molecular weight excluding hydrogens is 255 g/mol. The largest absolute Gasteiger partial charge is 0.478 e. The molecule has 4 heteroatoms. The molecule has 0 bridgehead atoms. The van der Waals surface area contributed by atoms with Crippen LogP contribution in [0.5, 0.6) is 0 Å². The summed E-state index contributed by atoms with van der Waals surface area (Å²) in [5.41, 5.74) is 2.26. The summed E-state index contributed by atoms with van der Waals surface area (Å²) in [6.45, 7) is -0.513. The maximum absolute atomic E-state index is 12.4. The second-order valence-corrected chi connectivity index (χ2v) is 3.68. The highest BCUT2D eigenvalue weighted by Crippen LogP contribution is 2.24. The second kappa shape index (κ2) is 6.17. The van der Waals surface area contributed by atoms with Gasteiger partial charge in [0.25, 0.3) is 0 Å². The molecular formula is C14H12ClFO2. The van der Waals surface area contributed by atoms with Crippen molar-refractivity contribution in [2.24, 2.45) is 0 Å². The van der Waals surface area contributed by atoms with Gasteiger partial charge in [-0.2, -0.15) is 0 Å². The number of benzene rings is 2. The summed E-state index contributed by atoms with van der Waals surface area (Å²) in [4.78, 5) is 11.1. The van der Waals surface area contributed by atoms with Crippen molar-refractivity contribution in [2.75, 3.05) is 0 Å². The summed E-state index contributed by atoms with van der Waals surface area (Å²) < 4.78 is 12.4. The zero-order valence-corrected chi connectivity index (χ0v) is 10.3. The average molecular weight is 267 g/mol. The molecule has 0 aliphatic heterocycles. The summed E-state index contributed by atoms with van der Waals surface area (Å²) in [5.74, 6) is -0.963. The lowest BCUT2D eigenvalue weighted by atomic mass is 9.99. The van der Waals surface area contributed by atoms with Crippen molar-refractivity contribution >= 4 is 18.4 Å². The van der Waals surface area contributed by atoms with Gasteiger partial charge in [-0.15, -0.1) is 12.4 Å². The normalized spacial score (nSPS) is 9.61. The molecule has 0 spiro atoms. The number of hydrogen-bond donors (Lipinski definition) is 1. The van der Waals surface area contributed by atoms with Crippen molar-refractivity contribution in [3.63, 3.8) is 0 Å². The van der Waals surface area contributed by atoms with Crippen molar-refractivity contribution in [3.05, 3.63) is 59.7 Å². The molecule has 0 unspecified atom stereocenters. The van der Waals surface area contributed by atoms with Crippen LogP contribution in [0.2, 0.25) is 0 Å². The lowest BCUT2D eigenvalue weighted by Crippen LogP contribution is -1.98. The Morgan fingerprint density at radius 1 is 1.06 bits per heavy atom. The monoisotopic (exact) mass is 266 g/mol. The summed E-state index contributed by atoms with van der Waals surface area (Å²) in [5, 5.41) is 9.07. The van der Waals surface area contributed by atoms with Gasteiger partial charge >= 0.3 is 5.97 Å². The Labute approximate surface area is 110 Å². The summed E-state index contributed by atoms with van der Waals surface area (Å²) in [6, 6.07) is 13.6. The molecule has 0 amide bonds. The van der Waals surface area contributed by atoms with E-state index in [4.69, 9.17) is 5.11 Å². The molecule has 0 saturated carbocycles. The molecule has 2 aromatic carbocycles. The molecule has 0 aliphatic rings. The summed E-state index contributed by atoms with van der Waals surface area (Å²) in [7, 11) is 0. The maximum Gasteiger partial charge on any atom is 0.336 e. The van der Waals surface area contributed by atoms with Crippen LogP contribution in [-0.2, 0) is 6.67 Å².